The van der Waals surface area contributed by atoms with Crippen LogP contribution in [0.1, 0.15) is 29.4 Å². The molecule has 2 bridgehead atoms. The minimum atomic E-state index is -0.256. The Balaban J connectivity index is 1.49. The number of carbonyl (C=O) groups excluding carboxylic acids is 1. The van der Waals surface area contributed by atoms with Gasteiger partial charge < -0.3 is 9.64 Å². The van der Waals surface area contributed by atoms with Gasteiger partial charge in [0.2, 0.25) is 0 Å². The standard InChI is InChI=1S/C25H26N2O2S/c1-2-17-16-27-12-10-18(17)14-23(27)25(29-24(28)15-19-6-5-13-30-19)21-9-11-26-22-8-4-3-7-20(21)22/h2-9,11,13,17-18,23,25H,1,10,12,14-16H2/p+1/t17-,18-,23+,25-/m0/s1. The van der Waals surface area contributed by atoms with Gasteiger partial charge in [0.25, 0.3) is 0 Å². The van der Waals surface area contributed by atoms with Crippen LogP contribution >= 0.6 is 11.3 Å². The summed E-state index contributed by atoms with van der Waals surface area (Å²) in [5, 5.41) is 3.08. The Morgan fingerprint density at radius 2 is 2.20 bits per heavy atom. The fourth-order valence-electron chi connectivity index (χ4n) is 5.36. The molecule has 3 aliphatic rings. The van der Waals surface area contributed by atoms with E-state index in [4.69, 9.17) is 4.74 Å². The topological polar surface area (TPSA) is 43.6 Å². The molecule has 5 heteroatoms. The molecule has 0 saturated carbocycles. The van der Waals surface area contributed by atoms with Crippen molar-refractivity contribution in [2.24, 2.45) is 11.8 Å². The second-order valence-corrected chi connectivity index (χ2v) is 9.52. The number of piperidine rings is 3. The Kier molecular flexibility index (Phi) is 5.40. The van der Waals surface area contributed by atoms with Crippen molar-refractivity contribution in [1.82, 2.24) is 4.98 Å². The largest absolute Gasteiger partial charge is 0.451 e. The molecular formula is C25H27N2O2S+. The third-order valence-electron chi connectivity index (χ3n) is 6.84. The van der Waals surface area contributed by atoms with E-state index >= 15 is 0 Å². The normalized spacial score (nSPS) is 26.4. The van der Waals surface area contributed by atoms with Gasteiger partial charge >= 0.3 is 5.97 Å². The summed E-state index contributed by atoms with van der Waals surface area (Å²) in [6.07, 6.45) is 6.34. The van der Waals surface area contributed by atoms with Crippen molar-refractivity contribution in [3.63, 3.8) is 0 Å². The summed E-state index contributed by atoms with van der Waals surface area (Å²) >= 11 is 1.60. The van der Waals surface area contributed by atoms with E-state index in [0.717, 1.165) is 40.9 Å². The van der Waals surface area contributed by atoms with Crippen LogP contribution in [-0.4, -0.2) is 30.1 Å². The number of benzene rings is 1. The van der Waals surface area contributed by atoms with E-state index in [1.807, 2.05) is 48.0 Å². The number of hydrogen-bond acceptors (Lipinski definition) is 4. The number of carbonyl (C=O) groups is 1. The predicted molar refractivity (Wildman–Crippen MR) is 119 cm³/mol. The zero-order valence-corrected chi connectivity index (χ0v) is 17.8. The van der Waals surface area contributed by atoms with E-state index in [0.29, 0.717) is 18.3 Å². The second kappa shape index (κ2) is 8.32. The molecule has 1 N–H and O–H groups in total. The Labute approximate surface area is 181 Å². The van der Waals surface area contributed by atoms with E-state index in [9.17, 15) is 4.79 Å². The lowest BCUT2D eigenvalue weighted by Gasteiger charge is -2.48. The van der Waals surface area contributed by atoms with Crippen molar-refractivity contribution in [3.05, 3.63) is 77.1 Å². The molecule has 5 heterocycles. The number of ether oxygens (including phenoxy) is 1. The SMILES string of the molecule is C=C[C@H]1C[NH+]2CC[C@H]1C[C@@H]2[C@@H](OC(=O)Cc1cccs1)c1ccnc2ccccc12. The van der Waals surface area contributed by atoms with E-state index in [1.54, 1.807) is 11.3 Å². The number of nitrogens with one attached hydrogen (secondary N) is 1. The van der Waals surface area contributed by atoms with Crippen LogP contribution in [0.4, 0.5) is 0 Å². The van der Waals surface area contributed by atoms with Gasteiger partial charge in [-0.2, -0.15) is 0 Å². The maximum Gasteiger partial charge on any atom is 0.311 e. The van der Waals surface area contributed by atoms with Gasteiger partial charge in [0, 0.05) is 40.8 Å². The number of nitrogens with zero attached hydrogens (tertiary/aromatic N) is 1. The van der Waals surface area contributed by atoms with Crippen molar-refractivity contribution in [2.45, 2.75) is 31.4 Å². The highest BCUT2D eigenvalue weighted by molar-refractivity contribution is 7.10. The molecule has 3 aliphatic heterocycles. The van der Waals surface area contributed by atoms with Crippen LogP contribution in [0.3, 0.4) is 0 Å². The Morgan fingerprint density at radius 1 is 1.30 bits per heavy atom. The summed E-state index contributed by atoms with van der Waals surface area (Å²) in [6.45, 7) is 6.28. The van der Waals surface area contributed by atoms with Crippen LogP contribution in [0.2, 0.25) is 0 Å². The number of aromatic nitrogens is 1. The molecule has 6 rings (SSSR count). The van der Waals surface area contributed by atoms with Gasteiger partial charge in [-0.1, -0.05) is 30.3 Å². The molecule has 5 atom stereocenters. The van der Waals surface area contributed by atoms with Crippen LogP contribution in [0, 0.1) is 11.8 Å². The van der Waals surface area contributed by atoms with Gasteiger partial charge in [-0.25, -0.2) is 0 Å². The second-order valence-electron chi connectivity index (χ2n) is 8.49. The molecule has 1 aromatic carbocycles. The number of quaternary nitrogens is 1. The van der Waals surface area contributed by atoms with Crippen molar-refractivity contribution in [1.29, 1.82) is 0 Å². The fourth-order valence-corrected chi connectivity index (χ4v) is 6.05. The van der Waals surface area contributed by atoms with Crippen LogP contribution in [0.25, 0.3) is 10.9 Å². The highest BCUT2D eigenvalue weighted by Gasteiger charge is 2.47. The summed E-state index contributed by atoms with van der Waals surface area (Å²) in [7, 11) is 0. The average Bonchev–Trinajstić information content (AvgIpc) is 3.30. The summed E-state index contributed by atoms with van der Waals surface area (Å²) in [4.78, 5) is 20.1. The minimum Gasteiger partial charge on any atom is -0.451 e. The fraction of sp³-hybridized carbons (Fsp3) is 0.360. The zero-order chi connectivity index (χ0) is 20.5. The Hall–Kier alpha value is -2.50. The summed E-state index contributed by atoms with van der Waals surface area (Å²) in [5.41, 5.74) is 2.03. The quantitative estimate of drug-likeness (QED) is 0.490. The molecular weight excluding hydrogens is 392 g/mol. The first-order chi connectivity index (χ1) is 14.7. The van der Waals surface area contributed by atoms with Gasteiger partial charge in [-0.05, 0) is 29.5 Å². The number of pyridine rings is 1. The van der Waals surface area contributed by atoms with Crippen LogP contribution in [-0.2, 0) is 16.0 Å². The lowest BCUT2D eigenvalue weighted by atomic mass is 9.73. The molecule has 3 saturated heterocycles. The maximum absolute atomic E-state index is 12.9. The number of rotatable bonds is 6. The average molecular weight is 420 g/mol. The van der Waals surface area contributed by atoms with Crippen molar-refractivity contribution < 1.29 is 14.4 Å². The third-order valence-corrected chi connectivity index (χ3v) is 7.71. The molecule has 30 heavy (non-hydrogen) atoms. The van der Waals surface area contributed by atoms with Crippen LogP contribution in [0.15, 0.2) is 66.7 Å². The van der Waals surface area contributed by atoms with E-state index < -0.39 is 0 Å². The van der Waals surface area contributed by atoms with Gasteiger partial charge in [-0.15, -0.1) is 17.9 Å². The first-order valence-corrected chi connectivity index (χ1v) is 11.6. The lowest BCUT2D eigenvalue weighted by Crippen LogP contribution is -3.20. The van der Waals surface area contributed by atoms with Crippen LogP contribution in [0.5, 0.6) is 0 Å². The number of thiophene rings is 1. The van der Waals surface area contributed by atoms with E-state index in [-0.39, 0.29) is 18.1 Å². The molecule has 4 nitrogen and oxygen atoms in total. The van der Waals surface area contributed by atoms with Crippen molar-refractivity contribution >= 4 is 28.2 Å². The van der Waals surface area contributed by atoms with Gasteiger partial charge in [0.1, 0.15) is 6.04 Å². The van der Waals surface area contributed by atoms with E-state index in [1.165, 1.54) is 11.3 Å². The van der Waals surface area contributed by atoms with Gasteiger partial charge in [-0.3, -0.25) is 9.78 Å². The maximum atomic E-state index is 12.9. The highest BCUT2D eigenvalue weighted by Crippen LogP contribution is 2.36. The van der Waals surface area contributed by atoms with Gasteiger partial charge in [0.05, 0.1) is 25.0 Å². The molecule has 3 fully saturated rings. The molecule has 3 aromatic rings. The molecule has 154 valence electrons. The first kappa shape index (κ1) is 19.5. The van der Waals surface area contributed by atoms with Crippen LogP contribution < -0.4 is 4.90 Å². The van der Waals surface area contributed by atoms with E-state index in [2.05, 4.69) is 23.7 Å². The van der Waals surface area contributed by atoms with Crippen molar-refractivity contribution in [2.75, 3.05) is 13.1 Å². The number of para-hydroxylation sites is 1. The number of hydrogen-bond donors (Lipinski definition) is 1. The monoisotopic (exact) mass is 419 g/mol. The number of fused-ring (bicyclic) bond motifs is 4. The summed E-state index contributed by atoms with van der Waals surface area (Å²) < 4.78 is 6.27. The predicted octanol–water partition coefficient (Wildman–Crippen LogP) is 3.60. The number of esters is 1. The molecule has 0 amide bonds. The first-order valence-electron chi connectivity index (χ1n) is 10.8. The molecule has 0 radical (unpaired) electrons. The smallest absolute Gasteiger partial charge is 0.311 e. The Bertz CT molecular complexity index is 1040. The third kappa shape index (κ3) is 3.68. The lowest BCUT2D eigenvalue weighted by molar-refractivity contribution is -0.949. The Morgan fingerprint density at radius 3 is 2.97 bits per heavy atom. The molecule has 0 spiro atoms. The summed E-state index contributed by atoms with van der Waals surface area (Å²) in [6, 6.07) is 14.4. The minimum absolute atomic E-state index is 0.148. The van der Waals surface area contributed by atoms with Crippen molar-refractivity contribution in [3.8, 4) is 0 Å². The molecule has 0 aliphatic carbocycles. The molecule has 1 unspecified atom stereocenters. The molecule has 2 aromatic heterocycles. The highest BCUT2D eigenvalue weighted by atomic mass is 32.1. The zero-order valence-electron chi connectivity index (χ0n) is 17.0. The summed E-state index contributed by atoms with van der Waals surface area (Å²) in [5.74, 6) is 1.06. The van der Waals surface area contributed by atoms with Gasteiger partial charge in [0.15, 0.2) is 6.10 Å².